The van der Waals surface area contributed by atoms with Gasteiger partial charge in [0.15, 0.2) is 0 Å². The number of halogens is 2. The molecule has 0 heterocycles. The Kier molecular flexibility index (Phi) is 11.4. The van der Waals surface area contributed by atoms with Crippen LogP contribution in [0.4, 0.5) is 5.69 Å². The van der Waals surface area contributed by atoms with E-state index in [1.54, 1.807) is 30.3 Å². The van der Waals surface area contributed by atoms with Crippen molar-refractivity contribution in [3.05, 3.63) is 99.5 Å². The second-order valence-corrected chi connectivity index (χ2v) is 12.3. The van der Waals surface area contributed by atoms with Crippen molar-refractivity contribution in [2.45, 2.75) is 45.7 Å². The summed E-state index contributed by atoms with van der Waals surface area (Å²) in [6.45, 7) is 3.94. The Morgan fingerprint density at radius 3 is 2.10 bits per heavy atom. The molecule has 0 aliphatic rings. The van der Waals surface area contributed by atoms with Gasteiger partial charge >= 0.3 is 0 Å². The zero-order valence-electron chi connectivity index (χ0n) is 22.9. The first-order chi connectivity index (χ1) is 19.0. The molecule has 1 N–H and O–H groups in total. The van der Waals surface area contributed by atoms with E-state index in [4.69, 9.17) is 23.2 Å². The van der Waals surface area contributed by atoms with Crippen LogP contribution in [0.25, 0.3) is 0 Å². The number of carbonyl (C=O) groups excluding carboxylic acids is 2. The number of hydrogen-bond donors (Lipinski definition) is 1. The third kappa shape index (κ3) is 8.71. The quantitative estimate of drug-likeness (QED) is 0.280. The van der Waals surface area contributed by atoms with Gasteiger partial charge < -0.3 is 10.2 Å². The number of hydrogen-bond acceptors (Lipinski definition) is 4. The van der Waals surface area contributed by atoms with Crippen molar-refractivity contribution in [3.8, 4) is 0 Å². The second-order valence-electron chi connectivity index (χ2n) is 9.56. The molecule has 0 aliphatic heterocycles. The number of rotatable bonds is 13. The summed E-state index contributed by atoms with van der Waals surface area (Å²) in [5, 5.41) is 3.59. The molecule has 0 aliphatic carbocycles. The molecule has 0 aromatic heterocycles. The van der Waals surface area contributed by atoms with Crippen molar-refractivity contribution in [2.75, 3.05) is 23.7 Å². The maximum absolute atomic E-state index is 14.0. The van der Waals surface area contributed by atoms with Gasteiger partial charge in [-0.15, -0.1) is 0 Å². The molecule has 0 fully saturated rings. The van der Waals surface area contributed by atoms with E-state index >= 15 is 0 Å². The molecule has 0 bridgehead atoms. The maximum atomic E-state index is 14.0. The largest absolute Gasteiger partial charge is 0.354 e. The van der Waals surface area contributed by atoms with Crippen LogP contribution in [-0.2, 0) is 39.0 Å². The van der Waals surface area contributed by atoms with E-state index in [-0.39, 0.29) is 18.9 Å². The van der Waals surface area contributed by atoms with Crippen molar-refractivity contribution in [3.63, 3.8) is 0 Å². The van der Waals surface area contributed by atoms with Gasteiger partial charge in [-0.3, -0.25) is 13.9 Å². The molecule has 1 unspecified atom stereocenters. The lowest BCUT2D eigenvalue weighted by molar-refractivity contribution is -0.140. The molecular formula is C30H35Cl2N3O4S. The van der Waals surface area contributed by atoms with Gasteiger partial charge in [0, 0.05) is 19.5 Å². The van der Waals surface area contributed by atoms with Crippen LogP contribution in [0.15, 0.2) is 72.8 Å². The zero-order chi connectivity index (χ0) is 29.3. The summed E-state index contributed by atoms with van der Waals surface area (Å²) in [4.78, 5) is 29.0. The Bertz CT molecular complexity index is 1400. The summed E-state index contributed by atoms with van der Waals surface area (Å²) in [6.07, 6.45) is 2.82. The SMILES string of the molecule is CCCNC(=O)C(Cc1ccccc1)N(Cc1ccc(Cl)c(Cl)c1)C(=O)CN(c1ccc(CC)cc1)S(C)(=O)=O. The lowest BCUT2D eigenvalue weighted by Gasteiger charge is -2.33. The molecule has 2 amide bonds. The van der Waals surface area contributed by atoms with Crippen LogP contribution in [0.5, 0.6) is 0 Å². The number of nitrogens with zero attached hydrogens (tertiary/aromatic N) is 2. The maximum Gasteiger partial charge on any atom is 0.244 e. The molecule has 10 heteroatoms. The Hall–Kier alpha value is -3.07. The summed E-state index contributed by atoms with van der Waals surface area (Å²) in [5.74, 6) is -0.846. The highest BCUT2D eigenvalue weighted by molar-refractivity contribution is 7.92. The third-order valence-electron chi connectivity index (χ3n) is 6.47. The topological polar surface area (TPSA) is 86.8 Å². The van der Waals surface area contributed by atoms with Crippen LogP contribution in [-0.4, -0.2) is 50.5 Å². The minimum atomic E-state index is -3.82. The predicted octanol–water partition coefficient (Wildman–Crippen LogP) is 5.49. The molecule has 7 nitrogen and oxygen atoms in total. The minimum Gasteiger partial charge on any atom is -0.354 e. The minimum absolute atomic E-state index is 0.0269. The highest BCUT2D eigenvalue weighted by Crippen LogP contribution is 2.25. The van der Waals surface area contributed by atoms with Crippen LogP contribution in [0.3, 0.4) is 0 Å². The van der Waals surface area contributed by atoms with Crippen LogP contribution in [0, 0.1) is 0 Å². The molecule has 0 radical (unpaired) electrons. The summed E-state index contributed by atoms with van der Waals surface area (Å²) in [7, 11) is -3.82. The summed E-state index contributed by atoms with van der Waals surface area (Å²) in [6, 6.07) is 20.5. The Balaban J connectivity index is 2.05. The normalized spacial score (nSPS) is 12.0. The first-order valence-corrected chi connectivity index (χ1v) is 15.8. The van der Waals surface area contributed by atoms with Gasteiger partial charge in [0.2, 0.25) is 21.8 Å². The number of sulfonamides is 1. The van der Waals surface area contributed by atoms with Gasteiger partial charge in [-0.2, -0.15) is 0 Å². The van der Waals surface area contributed by atoms with Crippen molar-refractivity contribution in [1.29, 1.82) is 0 Å². The lowest BCUT2D eigenvalue weighted by Crippen LogP contribution is -2.53. The Morgan fingerprint density at radius 1 is 0.875 bits per heavy atom. The van der Waals surface area contributed by atoms with Gasteiger partial charge in [-0.1, -0.05) is 85.6 Å². The van der Waals surface area contributed by atoms with Crippen LogP contribution >= 0.6 is 23.2 Å². The fourth-order valence-electron chi connectivity index (χ4n) is 4.27. The fraction of sp³-hybridized carbons (Fsp3) is 0.333. The Labute approximate surface area is 247 Å². The number of anilines is 1. The molecule has 0 saturated carbocycles. The Morgan fingerprint density at radius 2 is 1.52 bits per heavy atom. The molecule has 3 aromatic carbocycles. The van der Waals surface area contributed by atoms with Crippen LogP contribution < -0.4 is 9.62 Å². The number of amides is 2. The van der Waals surface area contributed by atoms with Crippen molar-refractivity contribution >= 4 is 50.7 Å². The first kappa shape index (κ1) is 31.5. The molecule has 0 spiro atoms. The van der Waals surface area contributed by atoms with E-state index in [1.807, 2.05) is 56.3 Å². The van der Waals surface area contributed by atoms with E-state index in [1.165, 1.54) is 4.90 Å². The smallest absolute Gasteiger partial charge is 0.244 e. The predicted molar refractivity (Wildman–Crippen MR) is 162 cm³/mol. The molecule has 3 aromatic rings. The third-order valence-corrected chi connectivity index (χ3v) is 8.35. The summed E-state index contributed by atoms with van der Waals surface area (Å²) in [5.41, 5.74) is 2.93. The highest BCUT2D eigenvalue weighted by Gasteiger charge is 2.33. The number of aryl methyl sites for hydroxylation is 1. The van der Waals surface area contributed by atoms with E-state index in [0.717, 1.165) is 34.5 Å². The van der Waals surface area contributed by atoms with Gasteiger partial charge in [-0.05, 0) is 53.8 Å². The van der Waals surface area contributed by atoms with Crippen LogP contribution in [0.1, 0.15) is 37.0 Å². The average Bonchev–Trinajstić information content (AvgIpc) is 2.94. The molecule has 1 atom stereocenters. The van der Waals surface area contributed by atoms with Crippen molar-refractivity contribution in [2.24, 2.45) is 0 Å². The van der Waals surface area contributed by atoms with Crippen LogP contribution in [0.2, 0.25) is 10.0 Å². The van der Waals surface area contributed by atoms with Gasteiger partial charge in [-0.25, -0.2) is 8.42 Å². The van der Waals surface area contributed by atoms with Gasteiger partial charge in [0.25, 0.3) is 0 Å². The number of nitrogens with one attached hydrogen (secondary N) is 1. The zero-order valence-corrected chi connectivity index (χ0v) is 25.3. The molecule has 40 heavy (non-hydrogen) atoms. The second kappa shape index (κ2) is 14.5. The summed E-state index contributed by atoms with van der Waals surface area (Å²) >= 11 is 12.4. The molecule has 0 saturated heterocycles. The lowest BCUT2D eigenvalue weighted by atomic mass is 10.0. The summed E-state index contributed by atoms with van der Waals surface area (Å²) < 4.78 is 26.8. The highest BCUT2D eigenvalue weighted by atomic mass is 35.5. The van der Waals surface area contributed by atoms with Gasteiger partial charge in [0.05, 0.1) is 22.0 Å². The van der Waals surface area contributed by atoms with E-state index in [2.05, 4.69) is 5.32 Å². The first-order valence-electron chi connectivity index (χ1n) is 13.1. The van der Waals surface area contributed by atoms with Gasteiger partial charge in [0.1, 0.15) is 12.6 Å². The monoisotopic (exact) mass is 603 g/mol. The molecule has 214 valence electrons. The number of benzene rings is 3. The van der Waals surface area contributed by atoms with E-state index < -0.39 is 28.5 Å². The van der Waals surface area contributed by atoms with Crippen molar-refractivity contribution < 1.29 is 18.0 Å². The van der Waals surface area contributed by atoms with Crippen molar-refractivity contribution in [1.82, 2.24) is 10.2 Å². The average molecular weight is 605 g/mol. The fourth-order valence-corrected chi connectivity index (χ4v) is 5.44. The van der Waals surface area contributed by atoms with E-state index in [9.17, 15) is 18.0 Å². The number of carbonyl (C=O) groups is 2. The van der Waals surface area contributed by atoms with E-state index in [0.29, 0.717) is 27.8 Å². The molecular weight excluding hydrogens is 569 g/mol. The standard InChI is InChI=1S/C30H35Cl2N3O4S/c1-4-17-33-30(37)28(19-23-9-7-6-8-10-23)34(20-24-13-16-26(31)27(32)18-24)29(36)21-35(40(3,38)39)25-14-11-22(5-2)12-15-25/h6-16,18,28H,4-5,17,19-21H2,1-3H3,(H,33,37). The molecule has 3 rings (SSSR count).